The molecule has 1 fully saturated rings. The van der Waals surface area contributed by atoms with E-state index in [0.717, 1.165) is 23.9 Å². The topological polar surface area (TPSA) is 86.9 Å². The zero-order chi connectivity index (χ0) is 14.8. The number of imide groups is 1. The highest BCUT2D eigenvalue weighted by Crippen LogP contribution is 2.22. The number of hydrogen-bond acceptors (Lipinski definition) is 4. The Morgan fingerprint density at radius 3 is 3.00 bits per heavy atom. The Balaban J connectivity index is 1.53. The van der Waals surface area contributed by atoms with Crippen LogP contribution in [0.15, 0.2) is 23.4 Å². The zero-order valence-electron chi connectivity index (χ0n) is 11.0. The van der Waals surface area contributed by atoms with Crippen LogP contribution in [0.2, 0.25) is 5.02 Å². The standard InChI is InChI=1S/C13H13ClN4O2S/c14-7-1-4-9-10(5-7)17-13(16-9)21-6-11(19)18-12(20)15-8-2-3-8/h1,4-5,8H,2-3,6H2,(H,16,17)(H2,15,18,19,20). The molecule has 0 unspecified atom stereocenters. The van der Waals surface area contributed by atoms with E-state index in [-0.39, 0.29) is 17.7 Å². The molecular weight excluding hydrogens is 312 g/mol. The van der Waals surface area contributed by atoms with Crippen LogP contribution < -0.4 is 10.6 Å². The van der Waals surface area contributed by atoms with E-state index >= 15 is 0 Å². The first kappa shape index (κ1) is 14.2. The quantitative estimate of drug-likeness (QED) is 0.753. The fraction of sp³-hybridized carbons (Fsp3) is 0.308. The van der Waals surface area contributed by atoms with E-state index in [1.807, 2.05) is 0 Å². The molecule has 21 heavy (non-hydrogen) atoms. The summed E-state index contributed by atoms with van der Waals surface area (Å²) in [7, 11) is 0. The maximum Gasteiger partial charge on any atom is 0.321 e. The minimum atomic E-state index is -0.431. The SMILES string of the molecule is O=C(CSc1nc2ccc(Cl)cc2[nH]1)NC(=O)NC1CC1. The number of hydrogen-bond donors (Lipinski definition) is 3. The zero-order valence-corrected chi connectivity index (χ0v) is 12.6. The maximum atomic E-state index is 11.6. The van der Waals surface area contributed by atoms with Crippen LogP contribution in [0, 0.1) is 0 Å². The Morgan fingerprint density at radius 2 is 2.24 bits per heavy atom. The third-order valence-corrected chi connectivity index (χ3v) is 4.04. The average Bonchev–Trinajstić information content (AvgIpc) is 3.13. The first-order valence-corrected chi connectivity index (χ1v) is 7.85. The van der Waals surface area contributed by atoms with Gasteiger partial charge in [0.2, 0.25) is 5.91 Å². The van der Waals surface area contributed by atoms with Gasteiger partial charge in [-0.1, -0.05) is 23.4 Å². The number of urea groups is 1. The lowest BCUT2D eigenvalue weighted by Gasteiger charge is -2.04. The fourth-order valence-electron chi connectivity index (χ4n) is 1.77. The van der Waals surface area contributed by atoms with Crippen molar-refractivity contribution in [2.75, 3.05) is 5.75 Å². The van der Waals surface area contributed by atoms with Crippen LogP contribution in [-0.4, -0.2) is 33.7 Å². The van der Waals surface area contributed by atoms with Gasteiger partial charge in [-0.2, -0.15) is 0 Å². The van der Waals surface area contributed by atoms with Crippen molar-refractivity contribution in [3.63, 3.8) is 0 Å². The first-order valence-electron chi connectivity index (χ1n) is 6.48. The molecule has 8 heteroatoms. The summed E-state index contributed by atoms with van der Waals surface area (Å²) in [6.07, 6.45) is 1.97. The molecule has 1 saturated carbocycles. The molecule has 3 N–H and O–H groups in total. The number of halogens is 1. The molecule has 1 aromatic heterocycles. The lowest BCUT2D eigenvalue weighted by molar-refractivity contribution is -0.117. The highest BCUT2D eigenvalue weighted by Gasteiger charge is 2.23. The van der Waals surface area contributed by atoms with Crippen molar-refractivity contribution in [1.29, 1.82) is 0 Å². The van der Waals surface area contributed by atoms with Crippen molar-refractivity contribution in [2.45, 2.75) is 24.0 Å². The Morgan fingerprint density at radius 1 is 1.43 bits per heavy atom. The van der Waals surface area contributed by atoms with Crippen molar-refractivity contribution in [2.24, 2.45) is 0 Å². The van der Waals surface area contributed by atoms with Crippen LogP contribution in [0.1, 0.15) is 12.8 Å². The molecule has 0 saturated heterocycles. The van der Waals surface area contributed by atoms with E-state index < -0.39 is 6.03 Å². The minimum absolute atomic E-state index is 0.117. The summed E-state index contributed by atoms with van der Waals surface area (Å²) in [6, 6.07) is 5.14. The third-order valence-electron chi connectivity index (χ3n) is 2.93. The molecule has 0 spiro atoms. The molecule has 110 valence electrons. The van der Waals surface area contributed by atoms with E-state index in [9.17, 15) is 9.59 Å². The second-order valence-electron chi connectivity index (χ2n) is 4.79. The number of nitrogens with zero attached hydrogens (tertiary/aromatic N) is 1. The third kappa shape index (κ3) is 3.89. The van der Waals surface area contributed by atoms with Gasteiger partial charge in [0.1, 0.15) is 0 Å². The van der Waals surface area contributed by atoms with E-state index in [2.05, 4.69) is 20.6 Å². The number of aromatic nitrogens is 2. The Hall–Kier alpha value is -1.73. The summed E-state index contributed by atoms with van der Waals surface area (Å²) in [5.41, 5.74) is 1.60. The van der Waals surface area contributed by atoms with Gasteiger partial charge in [-0.05, 0) is 31.0 Å². The summed E-state index contributed by atoms with van der Waals surface area (Å²) >= 11 is 7.13. The Labute approximate surface area is 130 Å². The molecule has 1 aromatic carbocycles. The lowest BCUT2D eigenvalue weighted by atomic mass is 10.3. The number of carbonyl (C=O) groups is 2. The van der Waals surface area contributed by atoms with Crippen molar-refractivity contribution < 1.29 is 9.59 Å². The molecule has 0 bridgehead atoms. The smallest absolute Gasteiger partial charge is 0.321 e. The summed E-state index contributed by atoms with van der Waals surface area (Å²) < 4.78 is 0. The number of benzene rings is 1. The molecule has 0 atom stereocenters. The van der Waals surface area contributed by atoms with Gasteiger partial charge in [-0.3, -0.25) is 10.1 Å². The summed E-state index contributed by atoms with van der Waals surface area (Å²) in [6.45, 7) is 0. The van der Waals surface area contributed by atoms with Crippen molar-refractivity contribution in [3.8, 4) is 0 Å². The molecule has 1 aliphatic carbocycles. The number of amides is 3. The van der Waals surface area contributed by atoms with Crippen LogP contribution in [0.3, 0.4) is 0 Å². The second-order valence-corrected chi connectivity index (χ2v) is 6.19. The number of rotatable bonds is 4. The highest BCUT2D eigenvalue weighted by atomic mass is 35.5. The largest absolute Gasteiger partial charge is 0.335 e. The number of aromatic amines is 1. The minimum Gasteiger partial charge on any atom is -0.335 e. The van der Waals surface area contributed by atoms with E-state index in [1.165, 1.54) is 11.8 Å². The predicted molar refractivity (Wildman–Crippen MR) is 81.5 cm³/mol. The van der Waals surface area contributed by atoms with Crippen LogP contribution in [-0.2, 0) is 4.79 Å². The van der Waals surface area contributed by atoms with Crippen molar-refractivity contribution in [1.82, 2.24) is 20.6 Å². The molecule has 2 aromatic rings. The van der Waals surface area contributed by atoms with Gasteiger partial charge in [0.25, 0.3) is 0 Å². The van der Waals surface area contributed by atoms with Gasteiger partial charge in [0, 0.05) is 11.1 Å². The van der Waals surface area contributed by atoms with Gasteiger partial charge < -0.3 is 10.3 Å². The fourth-order valence-corrected chi connectivity index (χ4v) is 2.63. The van der Waals surface area contributed by atoms with E-state index in [1.54, 1.807) is 18.2 Å². The molecule has 3 rings (SSSR count). The number of thioether (sulfide) groups is 1. The Kier molecular flexibility index (Phi) is 4.03. The monoisotopic (exact) mass is 324 g/mol. The summed E-state index contributed by atoms with van der Waals surface area (Å²) in [4.78, 5) is 30.5. The predicted octanol–water partition coefficient (Wildman–Crippen LogP) is 2.30. The Bertz CT molecular complexity index is 699. The molecule has 1 aliphatic rings. The van der Waals surface area contributed by atoms with Crippen LogP contribution in [0.25, 0.3) is 11.0 Å². The lowest BCUT2D eigenvalue weighted by Crippen LogP contribution is -2.41. The average molecular weight is 325 g/mol. The molecule has 1 heterocycles. The van der Waals surface area contributed by atoms with Gasteiger partial charge in [0.15, 0.2) is 5.16 Å². The van der Waals surface area contributed by atoms with E-state index in [4.69, 9.17) is 11.6 Å². The van der Waals surface area contributed by atoms with Gasteiger partial charge in [0.05, 0.1) is 16.8 Å². The van der Waals surface area contributed by atoms with Crippen LogP contribution >= 0.6 is 23.4 Å². The van der Waals surface area contributed by atoms with Crippen LogP contribution in [0.4, 0.5) is 4.79 Å². The molecule has 0 aliphatic heterocycles. The van der Waals surface area contributed by atoms with Crippen LogP contribution in [0.5, 0.6) is 0 Å². The normalized spacial score (nSPS) is 14.1. The van der Waals surface area contributed by atoms with Crippen molar-refractivity contribution in [3.05, 3.63) is 23.2 Å². The summed E-state index contributed by atoms with van der Waals surface area (Å²) in [5, 5.41) is 6.22. The van der Waals surface area contributed by atoms with Gasteiger partial charge in [-0.15, -0.1) is 0 Å². The number of carbonyl (C=O) groups excluding carboxylic acids is 2. The number of nitrogens with one attached hydrogen (secondary N) is 3. The summed E-state index contributed by atoms with van der Waals surface area (Å²) in [5.74, 6) is -0.234. The first-order chi connectivity index (χ1) is 10.1. The van der Waals surface area contributed by atoms with Gasteiger partial charge >= 0.3 is 6.03 Å². The molecule has 0 radical (unpaired) electrons. The second kappa shape index (κ2) is 5.95. The van der Waals surface area contributed by atoms with Gasteiger partial charge in [-0.25, -0.2) is 9.78 Å². The highest BCUT2D eigenvalue weighted by molar-refractivity contribution is 7.99. The number of fused-ring (bicyclic) bond motifs is 1. The molecule has 3 amide bonds. The molecular formula is C13H13ClN4O2S. The maximum absolute atomic E-state index is 11.6. The van der Waals surface area contributed by atoms with E-state index in [0.29, 0.717) is 10.2 Å². The molecule has 6 nitrogen and oxygen atoms in total. The number of H-pyrrole nitrogens is 1. The number of imidazole rings is 1. The van der Waals surface area contributed by atoms with Crippen molar-refractivity contribution >= 4 is 46.3 Å².